The molecule has 0 aliphatic carbocycles. The number of morpholine rings is 1. The van der Waals surface area contributed by atoms with Gasteiger partial charge in [-0.2, -0.15) is 0 Å². The highest BCUT2D eigenvalue weighted by molar-refractivity contribution is 5.63. The first-order valence-electron chi connectivity index (χ1n) is 9.73. The topological polar surface area (TPSA) is 42.7 Å². The van der Waals surface area contributed by atoms with Crippen molar-refractivity contribution in [3.8, 4) is 11.3 Å². The van der Waals surface area contributed by atoms with E-state index in [1.165, 1.54) is 12.1 Å². The number of hydrogen-bond acceptors (Lipinski definition) is 4. The van der Waals surface area contributed by atoms with Gasteiger partial charge in [-0.15, -0.1) is 0 Å². The van der Waals surface area contributed by atoms with Crippen LogP contribution in [-0.2, 0) is 11.3 Å². The Balaban J connectivity index is 1.39. The molecule has 1 aliphatic rings. The van der Waals surface area contributed by atoms with Crippen LogP contribution in [0.5, 0.6) is 0 Å². The summed E-state index contributed by atoms with van der Waals surface area (Å²) >= 11 is 0. The minimum atomic E-state index is -0.205. The van der Waals surface area contributed by atoms with Crippen LogP contribution in [0.1, 0.15) is 17.4 Å². The number of benzene rings is 1. The van der Waals surface area contributed by atoms with E-state index in [-0.39, 0.29) is 11.9 Å². The van der Waals surface area contributed by atoms with Gasteiger partial charge in [-0.3, -0.25) is 14.3 Å². The number of pyridine rings is 2. The van der Waals surface area contributed by atoms with E-state index in [9.17, 15) is 4.39 Å². The molecule has 1 saturated heterocycles. The van der Waals surface area contributed by atoms with Gasteiger partial charge < -0.3 is 4.74 Å². The molecule has 4 heterocycles. The largest absolute Gasteiger partial charge is 0.369 e. The van der Waals surface area contributed by atoms with Gasteiger partial charge in [-0.05, 0) is 42.0 Å². The first kappa shape index (κ1) is 18.0. The molecule has 146 valence electrons. The minimum absolute atomic E-state index is 0.0885. The average molecular weight is 388 g/mol. The average Bonchev–Trinajstić information content (AvgIpc) is 3.21. The Bertz CT molecular complexity index is 1110. The van der Waals surface area contributed by atoms with Gasteiger partial charge in [0.2, 0.25) is 0 Å². The first-order valence-corrected chi connectivity index (χ1v) is 9.73. The van der Waals surface area contributed by atoms with Crippen LogP contribution in [0, 0.1) is 5.82 Å². The summed E-state index contributed by atoms with van der Waals surface area (Å²) in [5.74, 6) is -0.205. The van der Waals surface area contributed by atoms with Gasteiger partial charge in [-0.1, -0.05) is 18.2 Å². The Labute approximate surface area is 168 Å². The second-order valence-electron chi connectivity index (χ2n) is 7.26. The second kappa shape index (κ2) is 7.73. The summed E-state index contributed by atoms with van der Waals surface area (Å²) in [6.45, 7) is 3.03. The lowest BCUT2D eigenvalue weighted by molar-refractivity contribution is -0.0347. The van der Waals surface area contributed by atoms with Crippen LogP contribution in [0.15, 0.2) is 73.2 Å². The number of aromatic nitrogens is 3. The van der Waals surface area contributed by atoms with Crippen molar-refractivity contribution >= 4 is 5.65 Å². The predicted octanol–water partition coefficient (Wildman–Crippen LogP) is 4.11. The summed E-state index contributed by atoms with van der Waals surface area (Å²) in [4.78, 5) is 11.3. The number of rotatable bonds is 4. The van der Waals surface area contributed by atoms with Crippen LogP contribution >= 0.6 is 0 Å². The zero-order valence-corrected chi connectivity index (χ0v) is 15.9. The van der Waals surface area contributed by atoms with Crippen molar-refractivity contribution in [3.05, 3.63) is 90.3 Å². The van der Waals surface area contributed by atoms with E-state index in [2.05, 4.69) is 26.5 Å². The lowest BCUT2D eigenvalue weighted by atomic mass is 10.1. The van der Waals surface area contributed by atoms with Gasteiger partial charge in [0.25, 0.3) is 0 Å². The standard InChI is InChI=1S/C23H21FN4O/c24-19-6-4-17(5-7-19)14-27-12-13-29-22(16-27)20-15-28-21(2-1-3-23(28)26-20)18-8-10-25-11-9-18/h1-11,15,22H,12-14,16H2/t22-/m0/s1. The molecule has 0 bridgehead atoms. The van der Waals surface area contributed by atoms with E-state index in [1.54, 1.807) is 12.4 Å². The highest BCUT2D eigenvalue weighted by Crippen LogP contribution is 2.26. The Morgan fingerprint density at radius 3 is 2.69 bits per heavy atom. The van der Waals surface area contributed by atoms with E-state index < -0.39 is 0 Å². The van der Waals surface area contributed by atoms with Crippen molar-refractivity contribution in [1.82, 2.24) is 19.3 Å². The van der Waals surface area contributed by atoms with E-state index in [0.717, 1.165) is 47.8 Å². The molecule has 1 atom stereocenters. The van der Waals surface area contributed by atoms with E-state index in [0.29, 0.717) is 6.61 Å². The maximum absolute atomic E-state index is 13.2. The van der Waals surface area contributed by atoms with Crippen molar-refractivity contribution < 1.29 is 9.13 Å². The van der Waals surface area contributed by atoms with Crippen molar-refractivity contribution in [2.24, 2.45) is 0 Å². The molecular formula is C23H21FN4O. The van der Waals surface area contributed by atoms with Crippen LogP contribution in [0.25, 0.3) is 16.9 Å². The fraction of sp³-hybridized carbons (Fsp3) is 0.217. The molecule has 29 heavy (non-hydrogen) atoms. The maximum atomic E-state index is 13.2. The van der Waals surface area contributed by atoms with Crippen LogP contribution in [0.3, 0.4) is 0 Å². The third kappa shape index (κ3) is 3.77. The third-order valence-corrected chi connectivity index (χ3v) is 5.29. The van der Waals surface area contributed by atoms with Gasteiger partial charge in [-0.25, -0.2) is 9.37 Å². The SMILES string of the molecule is Fc1ccc(CN2CCO[C@H](c3cn4c(-c5ccncc5)cccc4n3)C2)cc1. The molecule has 1 aliphatic heterocycles. The maximum Gasteiger partial charge on any atom is 0.137 e. The van der Waals surface area contributed by atoms with Gasteiger partial charge >= 0.3 is 0 Å². The summed E-state index contributed by atoms with van der Waals surface area (Å²) in [6.07, 6.45) is 5.57. The quantitative estimate of drug-likeness (QED) is 0.528. The van der Waals surface area contributed by atoms with Crippen LogP contribution in [0.4, 0.5) is 4.39 Å². The van der Waals surface area contributed by atoms with Crippen molar-refractivity contribution in [2.45, 2.75) is 12.6 Å². The molecular weight excluding hydrogens is 367 g/mol. The van der Waals surface area contributed by atoms with Gasteiger partial charge in [0.1, 0.15) is 17.6 Å². The Morgan fingerprint density at radius 1 is 1.03 bits per heavy atom. The molecule has 1 aromatic carbocycles. The number of ether oxygens (including phenoxy) is 1. The summed E-state index contributed by atoms with van der Waals surface area (Å²) in [5.41, 5.74) is 5.09. The van der Waals surface area contributed by atoms with Crippen molar-refractivity contribution in [1.29, 1.82) is 0 Å². The molecule has 1 fully saturated rings. The van der Waals surface area contributed by atoms with E-state index in [1.807, 2.05) is 36.4 Å². The molecule has 0 saturated carbocycles. The first-order chi connectivity index (χ1) is 14.3. The molecule has 3 aromatic heterocycles. The van der Waals surface area contributed by atoms with Crippen LogP contribution in [-0.4, -0.2) is 39.0 Å². The zero-order chi connectivity index (χ0) is 19.6. The number of hydrogen-bond donors (Lipinski definition) is 0. The predicted molar refractivity (Wildman–Crippen MR) is 109 cm³/mol. The summed E-state index contributed by atoms with van der Waals surface area (Å²) in [5, 5.41) is 0. The monoisotopic (exact) mass is 388 g/mol. The van der Waals surface area contributed by atoms with E-state index >= 15 is 0 Å². The molecule has 0 spiro atoms. The van der Waals surface area contributed by atoms with Crippen molar-refractivity contribution in [3.63, 3.8) is 0 Å². The smallest absolute Gasteiger partial charge is 0.137 e. The molecule has 0 N–H and O–H groups in total. The van der Waals surface area contributed by atoms with Gasteiger partial charge in [0.05, 0.1) is 18.0 Å². The molecule has 5 nitrogen and oxygen atoms in total. The molecule has 0 amide bonds. The Morgan fingerprint density at radius 2 is 1.86 bits per heavy atom. The number of imidazole rings is 1. The second-order valence-corrected chi connectivity index (χ2v) is 7.26. The summed E-state index contributed by atoms with van der Waals surface area (Å²) in [6, 6.07) is 16.8. The Hall–Kier alpha value is -3.09. The van der Waals surface area contributed by atoms with E-state index in [4.69, 9.17) is 9.72 Å². The lowest BCUT2D eigenvalue weighted by Gasteiger charge is -2.32. The fourth-order valence-electron chi connectivity index (χ4n) is 3.82. The highest BCUT2D eigenvalue weighted by atomic mass is 19.1. The van der Waals surface area contributed by atoms with Gasteiger partial charge in [0.15, 0.2) is 0 Å². The fourth-order valence-corrected chi connectivity index (χ4v) is 3.82. The number of halogens is 1. The molecule has 5 rings (SSSR count). The van der Waals surface area contributed by atoms with Crippen molar-refractivity contribution in [2.75, 3.05) is 19.7 Å². The summed E-state index contributed by atoms with van der Waals surface area (Å²) in [7, 11) is 0. The summed E-state index contributed by atoms with van der Waals surface area (Å²) < 4.78 is 21.3. The number of fused-ring (bicyclic) bond motifs is 1. The molecule has 0 unspecified atom stereocenters. The molecule has 0 radical (unpaired) electrons. The molecule has 4 aromatic rings. The minimum Gasteiger partial charge on any atom is -0.369 e. The van der Waals surface area contributed by atoms with Crippen LogP contribution < -0.4 is 0 Å². The highest BCUT2D eigenvalue weighted by Gasteiger charge is 2.24. The van der Waals surface area contributed by atoms with Crippen LogP contribution in [0.2, 0.25) is 0 Å². The Kier molecular flexibility index (Phi) is 4.79. The third-order valence-electron chi connectivity index (χ3n) is 5.29. The zero-order valence-electron chi connectivity index (χ0n) is 15.9. The van der Waals surface area contributed by atoms with Gasteiger partial charge in [0, 0.05) is 43.8 Å². The normalized spacial score (nSPS) is 17.6. The molecule has 6 heteroatoms. The lowest BCUT2D eigenvalue weighted by Crippen LogP contribution is -2.37. The number of nitrogens with zero attached hydrogens (tertiary/aromatic N) is 4.